The van der Waals surface area contributed by atoms with E-state index in [1.807, 2.05) is 42.7 Å². The second-order valence-corrected chi connectivity index (χ2v) is 4.66. The smallest absolute Gasteiger partial charge is 0.128 e. The number of phenols is 1. The second kappa shape index (κ2) is 5.25. The third-order valence-corrected chi connectivity index (χ3v) is 3.48. The number of phenolic OH excluding ortho intramolecular Hbond substituents is 1. The molecule has 0 aliphatic carbocycles. The van der Waals surface area contributed by atoms with Gasteiger partial charge in [0.2, 0.25) is 0 Å². The Morgan fingerprint density at radius 1 is 1.15 bits per heavy atom. The van der Waals surface area contributed by atoms with Gasteiger partial charge in [0.1, 0.15) is 11.6 Å². The zero-order chi connectivity index (χ0) is 13.9. The van der Waals surface area contributed by atoms with Gasteiger partial charge in [0.25, 0.3) is 0 Å². The van der Waals surface area contributed by atoms with Crippen LogP contribution < -0.4 is 5.32 Å². The van der Waals surface area contributed by atoms with Gasteiger partial charge in [-0.3, -0.25) is 0 Å². The van der Waals surface area contributed by atoms with Crippen molar-refractivity contribution in [1.82, 2.24) is 9.55 Å². The van der Waals surface area contributed by atoms with Crippen molar-refractivity contribution >= 4 is 16.5 Å². The predicted octanol–water partition coefficient (Wildman–Crippen LogP) is 3.37. The highest BCUT2D eigenvalue weighted by molar-refractivity contribution is 5.97. The monoisotopic (exact) mass is 267 g/mol. The zero-order valence-electron chi connectivity index (χ0n) is 11.4. The molecule has 0 aliphatic heterocycles. The number of imidazole rings is 1. The number of benzene rings is 2. The van der Waals surface area contributed by atoms with Crippen molar-refractivity contribution in [2.75, 3.05) is 5.32 Å². The minimum atomic E-state index is 0.307. The molecule has 0 amide bonds. The Bertz CT molecular complexity index is 733. The number of hydrogen-bond acceptors (Lipinski definition) is 3. The van der Waals surface area contributed by atoms with Gasteiger partial charge in [-0.1, -0.05) is 24.3 Å². The van der Waals surface area contributed by atoms with Crippen molar-refractivity contribution in [2.45, 2.75) is 20.0 Å². The van der Waals surface area contributed by atoms with Gasteiger partial charge in [-0.05, 0) is 19.1 Å². The fourth-order valence-electron chi connectivity index (χ4n) is 2.42. The molecule has 0 unspecified atom stereocenters. The number of rotatable bonds is 4. The summed E-state index contributed by atoms with van der Waals surface area (Å²) < 4.78 is 2.11. The average molecular weight is 267 g/mol. The van der Waals surface area contributed by atoms with Crippen LogP contribution in [-0.2, 0) is 13.1 Å². The summed E-state index contributed by atoms with van der Waals surface area (Å²) in [7, 11) is 0. The van der Waals surface area contributed by atoms with E-state index in [0.29, 0.717) is 12.3 Å². The highest BCUT2D eigenvalue weighted by Crippen LogP contribution is 2.29. The third kappa shape index (κ3) is 2.20. The number of aryl methyl sites for hydroxylation is 1. The van der Waals surface area contributed by atoms with Crippen LogP contribution in [0.4, 0.5) is 5.69 Å². The van der Waals surface area contributed by atoms with Crippen molar-refractivity contribution in [3.05, 3.63) is 54.6 Å². The lowest BCUT2D eigenvalue weighted by Gasteiger charge is -2.11. The van der Waals surface area contributed by atoms with Gasteiger partial charge < -0.3 is 15.0 Å². The lowest BCUT2D eigenvalue weighted by molar-refractivity contribution is 0.481. The van der Waals surface area contributed by atoms with E-state index >= 15 is 0 Å². The quantitative estimate of drug-likeness (QED) is 0.762. The number of anilines is 1. The molecule has 0 saturated carbocycles. The average Bonchev–Trinajstić information content (AvgIpc) is 2.93. The molecule has 4 heteroatoms. The van der Waals surface area contributed by atoms with Crippen LogP contribution >= 0.6 is 0 Å². The summed E-state index contributed by atoms with van der Waals surface area (Å²) in [5, 5.41) is 15.2. The summed E-state index contributed by atoms with van der Waals surface area (Å²) in [6.07, 6.45) is 3.79. The van der Waals surface area contributed by atoms with E-state index in [1.54, 1.807) is 6.07 Å². The van der Waals surface area contributed by atoms with Gasteiger partial charge >= 0.3 is 0 Å². The summed E-state index contributed by atoms with van der Waals surface area (Å²) in [4.78, 5) is 4.35. The standard InChI is InChI=1S/C16H17N3O/c1-2-19-10-9-17-16(19)11-18-14-7-3-6-13-12(14)5-4-8-15(13)20/h3-10,18,20H,2,11H2,1H3. The van der Waals surface area contributed by atoms with Crippen molar-refractivity contribution in [1.29, 1.82) is 0 Å². The summed E-state index contributed by atoms with van der Waals surface area (Å²) >= 11 is 0. The van der Waals surface area contributed by atoms with Gasteiger partial charge in [-0.2, -0.15) is 0 Å². The molecule has 0 atom stereocenters. The van der Waals surface area contributed by atoms with Crippen molar-refractivity contribution in [3.63, 3.8) is 0 Å². The molecule has 2 N–H and O–H groups in total. The van der Waals surface area contributed by atoms with E-state index < -0.39 is 0 Å². The molecule has 1 aromatic heterocycles. The molecule has 0 aliphatic rings. The van der Waals surface area contributed by atoms with Gasteiger partial charge in [-0.15, -0.1) is 0 Å². The lowest BCUT2D eigenvalue weighted by Crippen LogP contribution is -2.07. The molecule has 0 bridgehead atoms. The van der Waals surface area contributed by atoms with Crippen LogP contribution in [0.1, 0.15) is 12.7 Å². The molecule has 20 heavy (non-hydrogen) atoms. The van der Waals surface area contributed by atoms with Crippen LogP contribution in [0.25, 0.3) is 10.8 Å². The highest BCUT2D eigenvalue weighted by Gasteiger charge is 2.05. The Morgan fingerprint density at radius 3 is 2.80 bits per heavy atom. The molecule has 0 radical (unpaired) electrons. The first-order valence-electron chi connectivity index (χ1n) is 6.74. The zero-order valence-corrected chi connectivity index (χ0v) is 11.4. The molecule has 102 valence electrons. The van der Waals surface area contributed by atoms with Gasteiger partial charge in [-0.25, -0.2) is 4.98 Å². The third-order valence-electron chi connectivity index (χ3n) is 3.48. The van der Waals surface area contributed by atoms with E-state index in [9.17, 15) is 5.11 Å². The molecular weight excluding hydrogens is 250 g/mol. The predicted molar refractivity (Wildman–Crippen MR) is 80.8 cm³/mol. The molecular formula is C16H17N3O. The van der Waals surface area contributed by atoms with Crippen LogP contribution in [0.5, 0.6) is 5.75 Å². The van der Waals surface area contributed by atoms with Crippen LogP contribution in [-0.4, -0.2) is 14.7 Å². The number of aromatic nitrogens is 2. The van der Waals surface area contributed by atoms with Crippen LogP contribution in [0, 0.1) is 0 Å². The van der Waals surface area contributed by atoms with E-state index in [0.717, 1.165) is 28.8 Å². The number of hydrogen-bond donors (Lipinski definition) is 2. The van der Waals surface area contributed by atoms with E-state index in [4.69, 9.17) is 0 Å². The first-order chi connectivity index (χ1) is 9.79. The first kappa shape index (κ1) is 12.5. The number of nitrogens with one attached hydrogen (secondary N) is 1. The topological polar surface area (TPSA) is 50.1 Å². The summed E-state index contributed by atoms with van der Waals surface area (Å²) in [6.45, 7) is 3.67. The Kier molecular flexibility index (Phi) is 3.29. The summed E-state index contributed by atoms with van der Waals surface area (Å²) in [5.74, 6) is 1.31. The first-order valence-corrected chi connectivity index (χ1v) is 6.74. The van der Waals surface area contributed by atoms with Crippen molar-refractivity contribution < 1.29 is 5.11 Å². The molecule has 0 saturated heterocycles. The Balaban J connectivity index is 1.90. The molecule has 1 heterocycles. The molecule has 0 fully saturated rings. The maximum Gasteiger partial charge on any atom is 0.128 e. The number of aromatic hydroxyl groups is 1. The number of fused-ring (bicyclic) bond motifs is 1. The highest BCUT2D eigenvalue weighted by atomic mass is 16.3. The molecule has 0 spiro atoms. The fraction of sp³-hybridized carbons (Fsp3) is 0.188. The van der Waals surface area contributed by atoms with E-state index in [-0.39, 0.29) is 0 Å². The van der Waals surface area contributed by atoms with Crippen LogP contribution in [0.2, 0.25) is 0 Å². The summed E-state index contributed by atoms with van der Waals surface area (Å²) in [5.41, 5.74) is 1.00. The Morgan fingerprint density at radius 2 is 1.95 bits per heavy atom. The van der Waals surface area contributed by atoms with Crippen LogP contribution in [0.15, 0.2) is 48.8 Å². The second-order valence-electron chi connectivity index (χ2n) is 4.66. The van der Waals surface area contributed by atoms with Crippen molar-refractivity contribution in [2.24, 2.45) is 0 Å². The lowest BCUT2D eigenvalue weighted by atomic mass is 10.1. The normalized spacial score (nSPS) is 10.8. The van der Waals surface area contributed by atoms with Gasteiger partial charge in [0, 0.05) is 35.4 Å². The molecule has 3 rings (SSSR count). The Hall–Kier alpha value is -2.49. The minimum absolute atomic E-state index is 0.307. The summed E-state index contributed by atoms with van der Waals surface area (Å²) in [6, 6.07) is 11.4. The maximum atomic E-state index is 9.89. The van der Waals surface area contributed by atoms with Gasteiger partial charge in [0.05, 0.1) is 6.54 Å². The van der Waals surface area contributed by atoms with Crippen molar-refractivity contribution in [3.8, 4) is 5.75 Å². The molecule has 4 nitrogen and oxygen atoms in total. The maximum absolute atomic E-state index is 9.89. The van der Waals surface area contributed by atoms with E-state index in [1.165, 1.54) is 0 Å². The van der Waals surface area contributed by atoms with E-state index in [2.05, 4.69) is 21.8 Å². The largest absolute Gasteiger partial charge is 0.507 e. The SMILES string of the molecule is CCn1ccnc1CNc1cccc2c(O)cccc12. The van der Waals surface area contributed by atoms with Crippen LogP contribution in [0.3, 0.4) is 0 Å². The Labute approximate surface area is 117 Å². The number of nitrogens with zero attached hydrogens (tertiary/aromatic N) is 2. The van der Waals surface area contributed by atoms with Gasteiger partial charge in [0.15, 0.2) is 0 Å². The minimum Gasteiger partial charge on any atom is -0.507 e. The molecule has 3 aromatic rings. The molecule has 2 aromatic carbocycles. The fourth-order valence-corrected chi connectivity index (χ4v) is 2.42.